The highest BCUT2D eigenvalue weighted by atomic mass is 35.5. The van der Waals surface area contributed by atoms with E-state index in [9.17, 15) is 4.79 Å². The number of piperidine rings is 1. The molecule has 0 radical (unpaired) electrons. The molecule has 1 aliphatic rings. The molecular weight excluding hydrogens is 392 g/mol. The van der Waals surface area contributed by atoms with E-state index in [0.717, 1.165) is 48.6 Å². The third kappa shape index (κ3) is 4.33. The molecule has 2 aromatic heterocycles. The molecule has 1 saturated heterocycles. The number of carbonyl (C=O) groups excluding carboxylic acids is 1. The second-order valence-corrected chi connectivity index (χ2v) is 7.14. The summed E-state index contributed by atoms with van der Waals surface area (Å²) in [6.07, 6.45) is 1.98. The molecule has 1 amide bonds. The van der Waals surface area contributed by atoms with Gasteiger partial charge in [0.25, 0.3) is 5.91 Å². The predicted molar refractivity (Wildman–Crippen MR) is 113 cm³/mol. The summed E-state index contributed by atoms with van der Waals surface area (Å²) in [7, 11) is 0. The molecule has 1 aromatic carbocycles. The zero-order valence-corrected chi connectivity index (χ0v) is 17.5. The van der Waals surface area contributed by atoms with Crippen molar-refractivity contribution in [3.8, 4) is 11.5 Å². The van der Waals surface area contributed by atoms with Gasteiger partial charge in [-0.1, -0.05) is 11.3 Å². The van der Waals surface area contributed by atoms with Gasteiger partial charge in [0.2, 0.25) is 5.89 Å². The number of oxazole rings is 1. The minimum Gasteiger partial charge on any atom is -0.441 e. The van der Waals surface area contributed by atoms with Gasteiger partial charge in [-0.05, 0) is 64.9 Å². The van der Waals surface area contributed by atoms with E-state index in [2.05, 4.69) is 25.9 Å². The lowest BCUT2D eigenvalue weighted by Gasteiger charge is -2.23. The molecule has 3 aromatic rings. The van der Waals surface area contributed by atoms with Crippen LogP contribution >= 0.6 is 12.4 Å². The summed E-state index contributed by atoms with van der Waals surface area (Å²) < 4.78 is 7.56. The Morgan fingerprint density at radius 1 is 1.24 bits per heavy atom. The summed E-state index contributed by atoms with van der Waals surface area (Å²) in [6.45, 7) is 7.59. The quantitative estimate of drug-likeness (QED) is 0.675. The number of nitrogens with one attached hydrogen (secondary N) is 2. The van der Waals surface area contributed by atoms with Gasteiger partial charge < -0.3 is 15.1 Å². The van der Waals surface area contributed by atoms with Crippen molar-refractivity contribution in [1.29, 1.82) is 0 Å². The van der Waals surface area contributed by atoms with E-state index in [4.69, 9.17) is 4.42 Å². The zero-order chi connectivity index (χ0) is 19.7. The number of nitrogens with zero attached hydrogens (tertiary/aromatic N) is 4. The maximum atomic E-state index is 12.8. The minimum atomic E-state index is -0.269. The fourth-order valence-electron chi connectivity index (χ4n) is 3.47. The van der Waals surface area contributed by atoms with Crippen molar-refractivity contribution in [1.82, 2.24) is 25.3 Å². The Kier molecular flexibility index (Phi) is 6.34. The molecule has 0 aliphatic carbocycles. The van der Waals surface area contributed by atoms with Gasteiger partial charge in [0, 0.05) is 11.3 Å². The number of halogens is 1. The van der Waals surface area contributed by atoms with E-state index in [-0.39, 0.29) is 24.4 Å². The number of carbonyl (C=O) groups is 1. The topological polar surface area (TPSA) is 97.9 Å². The molecule has 29 heavy (non-hydrogen) atoms. The van der Waals surface area contributed by atoms with Crippen molar-refractivity contribution >= 4 is 24.0 Å². The lowest BCUT2D eigenvalue weighted by Crippen LogP contribution is -2.30. The van der Waals surface area contributed by atoms with Crippen molar-refractivity contribution in [3.63, 3.8) is 0 Å². The van der Waals surface area contributed by atoms with E-state index in [1.54, 1.807) is 0 Å². The van der Waals surface area contributed by atoms with Gasteiger partial charge in [0.05, 0.1) is 17.4 Å². The molecule has 1 fully saturated rings. The van der Waals surface area contributed by atoms with Crippen LogP contribution in [-0.4, -0.2) is 39.0 Å². The molecular formula is C20H25ClN6O2. The summed E-state index contributed by atoms with van der Waals surface area (Å²) in [5.74, 6) is 1.06. The van der Waals surface area contributed by atoms with Crippen LogP contribution in [-0.2, 0) is 0 Å². The molecule has 0 atom stereocenters. The molecule has 154 valence electrons. The largest absolute Gasteiger partial charge is 0.441 e. The number of amides is 1. The van der Waals surface area contributed by atoms with Gasteiger partial charge in [0.1, 0.15) is 5.76 Å². The Balaban J connectivity index is 0.00000240. The number of hydrogen-bond acceptors (Lipinski definition) is 6. The molecule has 0 saturated carbocycles. The van der Waals surface area contributed by atoms with Crippen LogP contribution < -0.4 is 10.6 Å². The normalized spacial score (nSPS) is 14.4. The minimum absolute atomic E-state index is 0. The van der Waals surface area contributed by atoms with Crippen molar-refractivity contribution in [2.24, 2.45) is 0 Å². The van der Waals surface area contributed by atoms with E-state index in [1.165, 1.54) is 0 Å². The Hall–Kier alpha value is -2.71. The Morgan fingerprint density at radius 3 is 2.69 bits per heavy atom. The third-order valence-corrected chi connectivity index (χ3v) is 5.19. The van der Waals surface area contributed by atoms with Crippen LogP contribution in [0.1, 0.15) is 46.5 Å². The fraction of sp³-hybridized carbons (Fsp3) is 0.400. The van der Waals surface area contributed by atoms with Crippen LogP contribution in [0, 0.1) is 20.8 Å². The molecule has 9 heteroatoms. The average Bonchev–Trinajstić information content (AvgIpc) is 3.25. The predicted octanol–water partition coefficient (Wildman–Crippen LogP) is 3.46. The number of anilines is 1. The fourth-order valence-corrected chi connectivity index (χ4v) is 3.47. The summed E-state index contributed by atoms with van der Waals surface area (Å²) in [4.78, 5) is 17.2. The molecule has 0 spiro atoms. The average molecular weight is 417 g/mol. The maximum Gasteiger partial charge on any atom is 0.278 e. The van der Waals surface area contributed by atoms with Crippen LogP contribution in [0.2, 0.25) is 0 Å². The van der Waals surface area contributed by atoms with Gasteiger partial charge in [-0.2, -0.15) is 0 Å². The highest BCUT2D eigenvalue weighted by molar-refractivity contribution is 6.03. The van der Waals surface area contributed by atoms with Crippen LogP contribution in [0.15, 0.2) is 28.7 Å². The SMILES string of the molecule is Cc1nc(-c2cccc(NC(=O)c3nnn(C4CCNCC4)c3C)c2)oc1C.Cl. The van der Waals surface area contributed by atoms with Crippen molar-refractivity contribution in [2.75, 3.05) is 18.4 Å². The van der Waals surface area contributed by atoms with Crippen molar-refractivity contribution in [2.45, 2.75) is 39.7 Å². The van der Waals surface area contributed by atoms with Crippen molar-refractivity contribution < 1.29 is 9.21 Å². The van der Waals surface area contributed by atoms with Gasteiger partial charge in [0.15, 0.2) is 5.69 Å². The van der Waals surface area contributed by atoms with Crippen LogP contribution in [0.4, 0.5) is 5.69 Å². The smallest absolute Gasteiger partial charge is 0.278 e. The van der Waals surface area contributed by atoms with E-state index in [0.29, 0.717) is 17.3 Å². The summed E-state index contributed by atoms with van der Waals surface area (Å²) in [5, 5.41) is 14.6. The number of aryl methyl sites for hydroxylation is 2. The molecule has 1 aliphatic heterocycles. The number of benzene rings is 1. The number of rotatable bonds is 4. The van der Waals surface area contributed by atoms with Gasteiger partial charge in [-0.15, -0.1) is 17.5 Å². The Labute approximate surface area is 175 Å². The third-order valence-electron chi connectivity index (χ3n) is 5.19. The lowest BCUT2D eigenvalue weighted by atomic mass is 10.1. The lowest BCUT2D eigenvalue weighted by molar-refractivity contribution is 0.102. The molecule has 2 N–H and O–H groups in total. The molecule has 4 rings (SSSR count). The standard InChI is InChI=1S/C20H24N6O2.ClH/c1-12-14(3)28-20(22-12)15-5-4-6-16(11-15)23-19(27)18-13(2)26(25-24-18)17-7-9-21-10-8-17;/h4-6,11,17,21H,7-10H2,1-3H3,(H,23,27);1H. The first-order chi connectivity index (χ1) is 13.5. The molecule has 8 nitrogen and oxygen atoms in total. The van der Waals surface area contributed by atoms with E-state index < -0.39 is 0 Å². The zero-order valence-electron chi connectivity index (χ0n) is 16.7. The van der Waals surface area contributed by atoms with Crippen LogP contribution in [0.3, 0.4) is 0 Å². The van der Waals surface area contributed by atoms with Crippen LogP contribution in [0.5, 0.6) is 0 Å². The van der Waals surface area contributed by atoms with Gasteiger partial charge >= 0.3 is 0 Å². The monoisotopic (exact) mass is 416 g/mol. The Morgan fingerprint density at radius 2 is 2.00 bits per heavy atom. The molecule has 0 unspecified atom stereocenters. The number of hydrogen-bond donors (Lipinski definition) is 2. The summed E-state index contributed by atoms with van der Waals surface area (Å²) in [5.41, 5.74) is 3.47. The second-order valence-electron chi connectivity index (χ2n) is 7.14. The summed E-state index contributed by atoms with van der Waals surface area (Å²) in [6, 6.07) is 7.72. The van der Waals surface area contributed by atoms with Gasteiger partial charge in [-0.3, -0.25) is 4.79 Å². The highest BCUT2D eigenvalue weighted by Gasteiger charge is 2.23. The second kappa shape index (κ2) is 8.75. The van der Waals surface area contributed by atoms with E-state index in [1.807, 2.05) is 49.7 Å². The van der Waals surface area contributed by atoms with Crippen molar-refractivity contribution in [3.05, 3.63) is 47.1 Å². The van der Waals surface area contributed by atoms with E-state index >= 15 is 0 Å². The first kappa shape index (κ1) is 21.0. The number of aromatic nitrogens is 4. The Bertz CT molecular complexity index is 987. The summed E-state index contributed by atoms with van der Waals surface area (Å²) >= 11 is 0. The van der Waals surface area contributed by atoms with Crippen LogP contribution in [0.25, 0.3) is 11.5 Å². The highest BCUT2D eigenvalue weighted by Crippen LogP contribution is 2.25. The van der Waals surface area contributed by atoms with Gasteiger partial charge in [-0.25, -0.2) is 9.67 Å². The first-order valence-electron chi connectivity index (χ1n) is 9.51. The molecule has 0 bridgehead atoms. The maximum absolute atomic E-state index is 12.8. The molecule has 3 heterocycles. The first-order valence-corrected chi connectivity index (χ1v) is 9.51.